The van der Waals surface area contributed by atoms with E-state index in [4.69, 9.17) is 5.26 Å². The molecule has 1 aliphatic carbocycles. The van der Waals surface area contributed by atoms with Gasteiger partial charge in [0.25, 0.3) is 0 Å². The summed E-state index contributed by atoms with van der Waals surface area (Å²) in [6.45, 7) is 3.05. The number of aryl methyl sites for hydroxylation is 1. The van der Waals surface area contributed by atoms with Gasteiger partial charge in [-0.15, -0.1) is 0 Å². The van der Waals surface area contributed by atoms with Crippen molar-refractivity contribution >= 4 is 5.69 Å². The molecule has 0 aliphatic heterocycles. The number of nitrogens with zero attached hydrogens (tertiary/aromatic N) is 1. The molecule has 2 rings (SSSR count). The van der Waals surface area contributed by atoms with Crippen LogP contribution in [-0.2, 0) is 0 Å². The third-order valence-corrected chi connectivity index (χ3v) is 3.89. The molecule has 1 aromatic carbocycles. The van der Waals surface area contributed by atoms with Gasteiger partial charge in [0.05, 0.1) is 11.3 Å². The van der Waals surface area contributed by atoms with Gasteiger partial charge in [-0.3, -0.25) is 0 Å². The van der Waals surface area contributed by atoms with Gasteiger partial charge in [0.1, 0.15) is 6.07 Å². The molecule has 0 heterocycles. The van der Waals surface area contributed by atoms with Gasteiger partial charge in [-0.05, 0) is 37.0 Å². The van der Waals surface area contributed by atoms with Crippen molar-refractivity contribution in [2.75, 3.05) is 11.9 Å². The van der Waals surface area contributed by atoms with Crippen LogP contribution < -0.4 is 5.32 Å². The van der Waals surface area contributed by atoms with Crippen molar-refractivity contribution in [3.63, 3.8) is 0 Å². The molecule has 96 valence electrons. The van der Waals surface area contributed by atoms with Crippen LogP contribution in [0.5, 0.6) is 0 Å². The van der Waals surface area contributed by atoms with E-state index in [1.54, 1.807) is 0 Å². The van der Waals surface area contributed by atoms with Crippen LogP contribution >= 0.6 is 0 Å². The lowest BCUT2D eigenvalue weighted by molar-refractivity contribution is 0.345. The molecule has 0 atom stereocenters. The van der Waals surface area contributed by atoms with Crippen LogP contribution in [0.25, 0.3) is 0 Å². The van der Waals surface area contributed by atoms with Gasteiger partial charge in [-0.1, -0.05) is 38.2 Å². The Morgan fingerprint density at radius 1 is 1.28 bits per heavy atom. The summed E-state index contributed by atoms with van der Waals surface area (Å²) < 4.78 is 0. The summed E-state index contributed by atoms with van der Waals surface area (Å²) in [5, 5.41) is 12.5. The van der Waals surface area contributed by atoms with Gasteiger partial charge in [-0.25, -0.2) is 0 Å². The minimum atomic E-state index is 0.754. The van der Waals surface area contributed by atoms with E-state index in [0.29, 0.717) is 0 Å². The average Bonchev–Trinajstić information content (AvgIpc) is 2.40. The lowest BCUT2D eigenvalue weighted by atomic mass is 9.87. The van der Waals surface area contributed by atoms with E-state index in [0.717, 1.165) is 23.7 Å². The van der Waals surface area contributed by atoms with Crippen molar-refractivity contribution in [2.24, 2.45) is 5.92 Å². The van der Waals surface area contributed by atoms with E-state index in [1.807, 2.05) is 12.1 Å². The first-order valence-electron chi connectivity index (χ1n) is 7.04. The van der Waals surface area contributed by atoms with Crippen molar-refractivity contribution in [1.82, 2.24) is 0 Å². The average molecular weight is 242 g/mol. The van der Waals surface area contributed by atoms with Gasteiger partial charge < -0.3 is 5.32 Å². The predicted molar refractivity (Wildman–Crippen MR) is 75.6 cm³/mol. The van der Waals surface area contributed by atoms with Crippen molar-refractivity contribution in [3.8, 4) is 6.07 Å². The number of nitrogens with one attached hydrogen (secondary N) is 1. The molecule has 2 heteroatoms. The Hall–Kier alpha value is -1.49. The lowest BCUT2D eigenvalue weighted by Crippen LogP contribution is -2.12. The molecule has 2 nitrogen and oxygen atoms in total. The maximum Gasteiger partial charge on any atom is 0.101 e. The van der Waals surface area contributed by atoms with Crippen molar-refractivity contribution in [2.45, 2.75) is 45.4 Å². The minimum Gasteiger partial charge on any atom is -0.384 e. The molecule has 1 aliphatic rings. The van der Waals surface area contributed by atoms with Crippen LogP contribution in [0.1, 0.15) is 49.7 Å². The summed E-state index contributed by atoms with van der Waals surface area (Å²) in [6.07, 6.45) is 8.23. The Balaban J connectivity index is 1.86. The van der Waals surface area contributed by atoms with Gasteiger partial charge >= 0.3 is 0 Å². The van der Waals surface area contributed by atoms with Crippen LogP contribution in [-0.4, -0.2) is 6.54 Å². The molecule has 18 heavy (non-hydrogen) atoms. The van der Waals surface area contributed by atoms with E-state index >= 15 is 0 Å². The van der Waals surface area contributed by atoms with Crippen LogP contribution in [0.15, 0.2) is 18.2 Å². The summed E-state index contributed by atoms with van der Waals surface area (Å²) in [4.78, 5) is 0. The highest BCUT2D eigenvalue weighted by Crippen LogP contribution is 2.26. The molecule has 0 radical (unpaired) electrons. The van der Waals surface area contributed by atoms with E-state index in [1.165, 1.54) is 44.1 Å². The Labute approximate surface area is 110 Å². The standard InChI is InChI=1S/C16H22N2/c1-13-7-8-15(12-17)16(11-13)18-10-9-14-5-3-2-4-6-14/h7-8,11,14,18H,2-6,9-10H2,1H3. The van der Waals surface area contributed by atoms with Gasteiger partial charge in [0.2, 0.25) is 0 Å². The second-order valence-corrected chi connectivity index (χ2v) is 5.38. The Bertz CT molecular complexity index is 425. The van der Waals surface area contributed by atoms with Gasteiger partial charge in [0.15, 0.2) is 0 Å². The zero-order chi connectivity index (χ0) is 12.8. The third kappa shape index (κ3) is 3.50. The smallest absolute Gasteiger partial charge is 0.101 e. The molecule has 0 aromatic heterocycles. The first-order chi connectivity index (χ1) is 8.79. The summed E-state index contributed by atoms with van der Waals surface area (Å²) in [6, 6.07) is 8.21. The van der Waals surface area contributed by atoms with E-state index in [2.05, 4.69) is 24.4 Å². The second-order valence-electron chi connectivity index (χ2n) is 5.38. The van der Waals surface area contributed by atoms with Crippen LogP contribution in [0.4, 0.5) is 5.69 Å². The van der Waals surface area contributed by atoms with Crippen LogP contribution in [0.2, 0.25) is 0 Å². The molecule has 0 unspecified atom stereocenters. The Kier molecular flexibility index (Phi) is 4.64. The molecular weight excluding hydrogens is 220 g/mol. The maximum atomic E-state index is 9.07. The lowest BCUT2D eigenvalue weighted by Gasteiger charge is -2.21. The van der Waals surface area contributed by atoms with Gasteiger partial charge in [-0.2, -0.15) is 5.26 Å². The minimum absolute atomic E-state index is 0.754. The van der Waals surface area contributed by atoms with Crippen LogP contribution in [0, 0.1) is 24.2 Å². The zero-order valence-electron chi connectivity index (χ0n) is 11.2. The SMILES string of the molecule is Cc1ccc(C#N)c(NCCC2CCCCC2)c1. The van der Waals surface area contributed by atoms with E-state index in [-0.39, 0.29) is 0 Å². The summed E-state index contributed by atoms with van der Waals surface area (Å²) >= 11 is 0. The van der Waals surface area contributed by atoms with Gasteiger partial charge in [0, 0.05) is 6.54 Å². The fourth-order valence-corrected chi connectivity index (χ4v) is 2.79. The molecule has 0 saturated heterocycles. The number of hydrogen-bond acceptors (Lipinski definition) is 2. The molecule has 0 spiro atoms. The highest BCUT2D eigenvalue weighted by Gasteiger charge is 2.12. The quantitative estimate of drug-likeness (QED) is 0.856. The van der Waals surface area contributed by atoms with E-state index in [9.17, 15) is 0 Å². The zero-order valence-corrected chi connectivity index (χ0v) is 11.2. The number of rotatable bonds is 4. The molecule has 0 amide bonds. The fraction of sp³-hybridized carbons (Fsp3) is 0.562. The molecular formula is C16H22N2. The number of nitriles is 1. The first kappa shape index (κ1) is 13.0. The fourth-order valence-electron chi connectivity index (χ4n) is 2.79. The molecule has 1 fully saturated rings. The summed E-state index contributed by atoms with van der Waals surface area (Å²) in [7, 11) is 0. The molecule has 1 aromatic rings. The van der Waals surface area contributed by atoms with Crippen molar-refractivity contribution in [3.05, 3.63) is 29.3 Å². The summed E-state index contributed by atoms with van der Waals surface area (Å²) in [5.74, 6) is 0.890. The highest BCUT2D eigenvalue weighted by atomic mass is 14.9. The monoisotopic (exact) mass is 242 g/mol. The third-order valence-electron chi connectivity index (χ3n) is 3.89. The molecule has 0 bridgehead atoms. The highest BCUT2D eigenvalue weighted by molar-refractivity contribution is 5.58. The second kappa shape index (κ2) is 6.44. The summed E-state index contributed by atoms with van der Waals surface area (Å²) in [5.41, 5.74) is 2.95. The van der Waals surface area contributed by atoms with Crippen molar-refractivity contribution in [1.29, 1.82) is 5.26 Å². The first-order valence-corrected chi connectivity index (χ1v) is 7.04. The molecule has 1 saturated carbocycles. The number of anilines is 1. The number of hydrogen-bond donors (Lipinski definition) is 1. The maximum absolute atomic E-state index is 9.07. The topological polar surface area (TPSA) is 35.8 Å². The Morgan fingerprint density at radius 2 is 2.06 bits per heavy atom. The van der Waals surface area contributed by atoms with E-state index < -0.39 is 0 Å². The van der Waals surface area contributed by atoms with Crippen molar-refractivity contribution < 1.29 is 0 Å². The Morgan fingerprint density at radius 3 is 2.78 bits per heavy atom. The largest absolute Gasteiger partial charge is 0.384 e. The normalized spacial score (nSPS) is 16.2. The molecule has 1 N–H and O–H groups in total. The predicted octanol–water partition coefficient (Wildman–Crippen LogP) is 4.25. The van der Waals surface area contributed by atoms with Crippen LogP contribution in [0.3, 0.4) is 0 Å². The number of benzene rings is 1.